The summed E-state index contributed by atoms with van der Waals surface area (Å²) in [5, 5.41) is 5.97. The molecule has 4 rings (SSSR count). The van der Waals surface area contributed by atoms with Crippen LogP contribution in [-0.4, -0.2) is 52.3 Å². The van der Waals surface area contributed by atoms with E-state index in [2.05, 4.69) is 0 Å². The highest BCUT2D eigenvalue weighted by Gasteiger charge is 2.37. The lowest BCUT2D eigenvalue weighted by atomic mass is 9.87. The smallest absolute Gasteiger partial charge is 0.339 e. The van der Waals surface area contributed by atoms with Gasteiger partial charge < -0.3 is 18.9 Å². The van der Waals surface area contributed by atoms with E-state index in [-0.39, 0.29) is 11.1 Å². The molecule has 4 aromatic rings. The second-order valence-corrected chi connectivity index (χ2v) is 8.38. The summed E-state index contributed by atoms with van der Waals surface area (Å²) in [6, 6.07) is 3.78. The quantitative estimate of drug-likeness (QED) is 0.318. The van der Waals surface area contributed by atoms with Crippen LogP contribution in [0, 0.1) is 0 Å². The van der Waals surface area contributed by atoms with Crippen LogP contribution >= 0.6 is 22.7 Å². The maximum absolute atomic E-state index is 13.0. The van der Waals surface area contributed by atoms with Crippen molar-refractivity contribution in [3.8, 4) is 0 Å². The van der Waals surface area contributed by atoms with Crippen LogP contribution in [0.15, 0.2) is 22.9 Å². The minimum atomic E-state index is -0.992. The molecule has 0 bridgehead atoms. The van der Waals surface area contributed by atoms with Crippen molar-refractivity contribution < 1.29 is 38.1 Å². The van der Waals surface area contributed by atoms with Crippen molar-refractivity contribution in [3.63, 3.8) is 0 Å². The highest BCUT2D eigenvalue weighted by Crippen LogP contribution is 2.46. The number of carbonyl (C=O) groups is 4. The fourth-order valence-corrected chi connectivity index (χ4v) is 5.79. The molecule has 2 aromatic carbocycles. The van der Waals surface area contributed by atoms with E-state index in [0.29, 0.717) is 20.2 Å². The minimum Gasteiger partial charge on any atom is -0.465 e. The van der Waals surface area contributed by atoms with Gasteiger partial charge >= 0.3 is 23.9 Å². The first-order chi connectivity index (χ1) is 15.4. The van der Waals surface area contributed by atoms with E-state index in [1.165, 1.54) is 22.7 Å². The van der Waals surface area contributed by atoms with Gasteiger partial charge in [-0.25, -0.2) is 19.2 Å². The Balaban J connectivity index is 2.48. The summed E-state index contributed by atoms with van der Waals surface area (Å²) in [6.07, 6.45) is 0. The molecule has 0 aliphatic rings. The molecule has 0 unspecified atom stereocenters. The fourth-order valence-electron chi connectivity index (χ4n) is 3.86. The predicted octanol–water partition coefficient (Wildman–Crippen LogP) is 4.42. The third kappa shape index (κ3) is 2.94. The summed E-state index contributed by atoms with van der Waals surface area (Å²) in [6.45, 7) is 0. The molecule has 0 aliphatic carbocycles. The summed E-state index contributed by atoms with van der Waals surface area (Å²) in [7, 11) is 4.54. The zero-order valence-corrected chi connectivity index (χ0v) is 19.0. The SMILES string of the molecule is COC(=O)c1c(C(=O)OC)c(C(=O)OC)c2c3sccc3c3ccsc3c2c1C(=O)OC. The molecule has 164 valence electrons. The molecule has 0 saturated heterocycles. The van der Waals surface area contributed by atoms with Gasteiger partial charge in [-0.1, -0.05) is 0 Å². The van der Waals surface area contributed by atoms with Crippen molar-refractivity contribution in [2.75, 3.05) is 28.4 Å². The lowest BCUT2D eigenvalue weighted by Crippen LogP contribution is -2.23. The van der Waals surface area contributed by atoms with E-state index in [1.54, 1.807) is 0 Å². The predicted molar refractivity (Wildman–Crippen MR) is 120 cm³/mol. The first-order valence-electron chi connectivity index (χ1n) is 9.14. The minimum absolute atomic E-state index is 0.176. The Morgan fingerprint density at radius 2 is 0.875 bits per heavy atom. The molecule has 0 N–H and O–H groups in total. The normalized spacial score (nSPS) is 11.0. The zero-order chi connectivity index (χ0) is 23.2. The van der Waals surface area contributed by atoms with Crippen molar-refractivity contribution in [2.45, 2.75) is 0 Å². The molecule has 8 nitrogen and oxygen atoms in total. The van der Waals surface area contributed by atoms with Gasteiger partial charge in [0.15, 0.2) is 0 Å². The summed E-state index contributed by atoms with van der Waals surface area (Å²) in [4.78, 5) is 51.9. The average molecular weight is 472 g/mol. The van der Waals surface area contributed by atoms with Crippen LogP contribution < -0.4 is 0 Å². The van der Waals surface area contributed by atoms with Crippen molar-refractivity contribution in [2.24, 2.45) is 0 Å². The first kappa shape index (κ1) is 21.7. The van der Waals surface area contributed by atoms with Crippen molar-refractivity contribution in [1.29, 1.82) is 0 Å². The summed E-state index contributed by atoms with van der Waals surface area (Å²) in [5.41, 5.74) is -1.18. The Hall–Kier alpha value is -3.50. The summed E-state index contributed by atoms with van der Waals surface area (Å²) in [5.74, 6) is -3.70. The molecule has 0 saturated carbocycles. The molecule has 2 heterocycles. The molecular weight excluding hydrogens is 456 g/mol. The Labute approximate surface area is 189 Å². The van der Waals surface area contributed by atoms with Crippen LogP contribution in [0.2, 0.25) is 0 Å². The van der Waals surface area contributed by atoms with Crippen LogP contribution in [0.3, 0.4) is 0 Å². The lowest BCUT2D eigenvalue weighted by molar-refractivity contribution is 0.0524. The number of fused-ring (bicyclic) bond motifs is 6. The van der Waals surface area contributed by atoms with Gasteiger partial charge in [0.25, 0.3) is 0 Å². The number of methoxy groups -OCH3 is 4. The largest absolute Gasteiger partial charge is 0.465 e. The first-order valence-corrected chi connectivity index (χ1v) is 10.9. The van der Waals surface area contributed by atoms with E-state index in [1.807, 2.05) is 22.9 Å². The molecule has 32 heavy (non-hydrogen) atoms. The Morgan fingerprint density at radius 3 is 1.19 bits per heavy atom. The molecule has 0 aliphatic heterocycles. The standard InChI is InChI=1S/C22H16O8S2/c1-27-19(23)13-11-12(18-10(6-8-32-18)9-5-7-31-17(9)11)14(20(24)28-2)16(22(26)30-4)15(13)21(25)29-3/h5-8H,1-4H3. The molecule has 0 amide bonds. The van der Waals surface area contributed by atoms with Gasteiger partial charge in [0.2, 0.25) is 0 Å². The Morgan fingerprint density at radius 1 is 0.562 bits per heavy atom. The van der Waals surface area contributed by atoms with Gasteiger partial charge in [-0.3, -0.25) is 0 Å². The number of carbonyl (C=O) groups excluding carboxylic acids is 4. The number of esters is 4. The van der Waals surface area contributed by atoms with Crippen molar-refractivity contribution in [1.82, 2.24) is 0 Å². The van der Waals surface area contributed by atoms with Crippen molar-refractivity contribution >= 4 is 77.5 Å². The molecule has 2 aromatic heterocycles. The van der Waals surface area contributed by atoms with E-state index in [0.717, 1.165) is 39.2 Å². The number of rotatable bonds is 4. The average Bonchev–Trinajstić information content (AvgIpc) is 3.49. The van der Waals surface area contributed by atoms with Gasteiger partial charge in [0.05, 0.1) is 50.7 Å². The molecule has 10 heteroatoms. The highest BCUT2D eigenvalue weighted by atomic mass is 32.1. The highest BCUT2D eigenvalue weighted by molar-refractivity contribution is 7.21. The van der Waals surface area contributed by atoms with E-state index < -0.39 is 35.0 Å². The number of thiophene rings is 2. The molecule has 0 fully saturated rings. The number of hydrogen-bond acceptors (Lipinski definition) is 10. The fraction of sp³-hybridized carbons (Fsp3) is 0.182. The van der Waals surface area contributed by atoms with Gasteiger partial charge in [0, 0.05) is 30.9 Å². The monoisotopic (exact) mass is 472 g/mol. The molecule has 0 spiro atoms. The van der Waals surface area contributed by atoms with E-state index in [9.17, 15) is 19.2 Å². The van der Waals surface area contributed by atoms with Gasteiger partial charge in [-0.2, -0.15) is 0 Å². The lowest BCUT2D eigenvalue weighted by Gasteiger charge is -2.19. The van der Waals surface area contributed by atoms with Crippen LogP contribution in [0.4, 0.5) is 0 Å². The zero-order valence-electron chi connectivity index (χ0n) is 17.4. The second-order valence-electron chi connectivity index (χ2n) is 6.54. The van der Waals surface area contributed by atoms with Crippen LogP contribution in [0.25, 0.3) is 30.9 Å². The van der Waals surface area contributed by atoms with Gasteiger partial charge in [-0.15, -0.1) is 22.7 Å². The Kier molecular flexibility index (Phi) is 5.57. The number of hydrogen-bond donors (Lipinski definition) is 0. The Bertz CT molecular complexity index is 1330. The molecule has 0 radical (unpaired) electrons. The van der Waals surface area contributed by atoms with E-state index in [4.69, 9.17) is 18.9 Å². The maximum Gasteiger partial charge on any atom is 0.339 e. The van der Waals surface area contributed by atoms with E-state index >= 15 is 0 Å². The maximum atomic E-state index is 13.0. The van der Waals surface area contributed by atoms with Crippen molar-refractivity contribution in [3.05, 3.63) is 45.1 Å². The van der Waals surface area contributed by atoms with Gasteiger partial charge in [0.1, 0.15) is 0 Å². The van der Waals surface area contributed by atoms with Crippen LogP contribution in [0.5, 0.6) is 0 Å². The summed E-state index contributed by atoms with van der Waals surface area (Å²) < 4.78 is 21.1. The van der Waals surface area contributed by atoms with Crippen LogP contribution in [0.1, 0.15) is 41.4 Å². The van der Waals surface area contributed by atoms with Crippen LogP contribution in [-0.2, 0) is 18.9 Å². The summed E-state index contributed by atoms with van der Waals surface area (Å²) >= 11 is 2.66. The number of ether oxygens (including phenoxy) is 4. The van der Waals surface area contributed by atoms with Gasteiger partial charge in [-0.05, 0) is 22.9 Å². The second kappa shape index (κ2) is 8.21. The number of benzene rings is 2. The third-order valence-corrected chi connectivity index (χ3v) is 7.00. The third-order valence-electron chi connectivity index (χ3n) is 5.13. The topological polar surface area (TPSA) is 105 Å². The molecular formula is C22H16O8S2. The molecule has 0 atom stereocenters.